The first-order chi connectivity index (χ1) is 9.81. The van der Waals surface area contributed by atoms with Crippen molar-refractivity contribution in [2.24, 2.45) is 0 Å². The molecule has 0 amide bonds. The van der Waals surface area contributed by atoms with Crippen molar-refractivity contribution in [3.05, 3.63) is 24.3 Å². The Bertz CT molecular complexity index is 517. The van der Waals surface area contributed by atoms with Crippen LogP contribution in [-0.4, -0.2) is 36.2 Å². The first-order valence-electron chi connectivity index (χ1n) is 6.29. The fourth-order valence-corrected chi connectivity index (χ4v) is 3.16. The highest BCUT2D eigenvalue weighted by Gasteiger charge is 2.03. The summed E-state index contributed by atoms with van der Waals surface area (Å²) >= 11 is 3.22. The number of anilines is 1. The van der Waals surface area contributed by atoms with Crippen LogP contribution in [0.2, 0.25) is 0 Å². The second-order valence-corrected chi connectivity index (χ2v) is 6.10. The normalized spacial score (nSPS) is 10.3. The van der Waals surface area contributed by atoms with Gasteiger partial charge < -0.3 is 14.8 Å². The topological polar surface area (TPSA) is 56.3 Å². The van der Waals surface area contributed by atoms with Crippen LogP contribution in [0.3, 0.4) is 0 Å². The fraction of sp³-hybridized carbons (Fsp3) is 0.385. The van der Waals surface area contributed by atoms with Crippen molar-refractivity contribution in [2.45, 2.75) is 11.3 Å². The summed E-state index contributed by atoms with van der Waals surface area (Å²) in [6.07, 6.45) is 0. The summed E-state index contributed by atoms with van der Waals surface area (Å²) in [5.41, 5.74) is 0. The summed E-state index contributed by atoms with van der Waals surface area (Å²) < 4.78 is 11.7. The van der Waals surface area contributed by atoms with E-state index in [4.69, 9.17) is 9.47 Å². The van der Waals surface area contributed by atoms with Crippen LogP contribution in [0.1, 0.15) is 6.92 Å². The van der Waals surface area contributed by atoms with Gasteiger partial charge in [0.05, 0.1) is 13.7 Å². The molecule has 1 heterocycles. The molecule has 2 rings (SSSR count). The zero-order valence-electron chi connectivity index (χ0n) is 11.5. The van der Waals surface area contributed by atoms with E-state index in [1.54, 1.807) is 30.2 Å². The lowest BCUT2D eigenvalue weighted by atomic mass is 10.3. The van der Waals surface area contributed by atoms with E-state index in [0.717, 1.165) is 33.3 Å². The Morgan fingerprint density at radius 3 is 2.65 bits per heavy atom. The van der Waals surface area contributed by atoms with E-state index in [1.807, 2.05) is 31.2 Å². The van der Waals surface area contributed by atoms with E-state index in [9.17, 15) is 0 Å². The zero-order chi connectivity index (χ0) is 14.2. The summed E-state index contributed by atoms with van der Waals surface area (Å²) in [5, 5.41) is 12.2. The molecule has 0 saturated heterocycles. The van der Waals surface area contributed by atoms with Gasteiger partial charge in [0.15, 0.2) is 4.34 Å². The van der Waals surface area contributed by atoms with Crippen LogP contribution in [0.5, 0.6) is 11.5 Å². The lowest BCUT2D eigenvalue weighted by molar-refractivity contribution is 0.342. The van der Waals surface area contributed by atoms with Gasteiger partial charge in [0.25, 0.3) is 0 Å². The third kappa shape index (κ3) is 4.57. The van der Waals surface area contributed by atoms with Gasteiger partial charge in [-0.25, -0.2) is 0 Å². The summed E-state index contributed by atoms with van der Waals surface area (Å²) in [4.78, 5) is 0. The lowest BCUT2D eigenvalue weighted by Gasteiger charge is -2.05. The van der Waals surface area contributed by atoms with Crippen LogP contribution in [-0.2, 0) is 0 Å². The molecule has 0 aliphatic rings. The van der Waals surface area contributed by atoms with Gasteiger partial charge in [-0.15, -0.1) is 10.2 Å². The van der Waals surface area contributed by atoms with E-state index in [1.165, 1.54) is 0 Å². The monoisotopic (exact) mass is 311 g/mol. The number of nitrogens with one attached hydrogen (secondary N) is 1. The largest absolute Gasteiger partial charge is 0.497 e. The van der Waals surface area contributed by atoms with Gasteiger partial charge in [-0.3, -0.25) is 0 Å². The maximum absolute atomic E-state index is 5.65. The third-order valence-electron chi connectivity index (χ3n) is 2.37. The summed E-state index contributed by atoms with van der Waals surface area (Å²) in [6.45, 7) is 3.53. The minimum atomic E-state index is 0.632. The Morgan fingerprint density at radius 2 is 1.95 bits per heavy atom. The Labute approximate surface area is 126 Å². The second kappa shape index (κ2) is 7.96. The first kappa shape index (κ1) is 14.9. The molecule has 0 unspecified atom stereocenters. The molecule has 0 aliphatic heterocycles. The minimum Gasteiger partial charge on any atom is -0.497 e. The maximum Gasteiger partial charge on any atom is 0.206 e. The molecule has 0 radical (unpaired) electrons. The molecule has 1 aromatic heterocycles. The molecular weight excluding hydrogens is 294 g/mol. The predicted molar refractivity (Wildman–Crippen MR) is 83.3 cm³/mol. The second-order valence-electron chi connectivity index (χ2n) is 3.78. The molecule has 0 bridgehead atoms. The summed E-state index contributed by atoms with van der Waals surface area (Å²) in [6, 6.07) is 7.57. The van der Waals surface area contributed by atoms with E-state index >= 15 is 0 Å². The molecule has 2 aromatic rings. The molecule has 20 heavy (non-hydrogen) atoms. The van der Waals surface area contributed by atoms with Crippen molar-refractivity contribution in [1.82, 2.24) is 10.2 Å². The highest BCUT2D eigenvalue weighted by Crippen LogP contribution is 2.25. The summed E-state index contributed by atoms with van der Waals surface area (Å²) in [7, 11) is 1.65. The number of nitrogens with zero attached hydrogens (tertiary/aromatic N) is 2. The molecule has 1 N–H and O–H groups in total. The van der Waals surface area contributed by atoms with Crippen LogP contribution in [0.25, 0.3) is 0 Å². The molecule has 7 heteroatoms. The SMILES string of the molecule is CCNc1nnc(SCCOc2ccc(OC)cc2)s1. The van der Waals surface area contributed by atoms with Gasteiger partial charge in [-0.1, -0.05) is 23.1 Å². The number of benzene rings is 1. The van der Waals surface area contributed by atoms with Gasteiger partial charge in [0.2, 0.25) is 5.13 Å². The molecule has 108 valence electrons. The molecule has 5 nitrogen and oxygen atoms in total. The van der Waals surface area contributed by atoms with E-state index < -0.39 is 0 Å². The Balaban J connectivity index is 1.69. The van der Waals surface area contributed by atoms with Gasteiger partial charge in [-0.05, 0) is 31.2 Å². The lowest BCUT2D eigenvalue weighted by Crippen LogP contribution is -1.99. The van der Waals surface area contributed by atoms with Crippen molar-refractivity contribution < 1.29 is 9.47 Å². The zero-order valence-corrected chi connectivity index (χ0v) is 13.1. The Kier molecular flexibility index (Phi) is 5.94. The van der Waals surface area contributed by atoms with Gasteiger partial charge >= 0.3 is 0 Å². The van der Waals surface area contributed by atoms with Gasteiger partial charge in [0.1, 0.15) is 11.5 Å². The van der Waals surface area contributed by atoms with Gasteiger partial charge in [-0.2, -0.15) is 0 Å². The third-order valence-corrected chi connectivity index (χ3v) is 4.35. The number of aromatic nitrogens is 2. The number of hydrogen-bond acceptors (Lipinski definition) is 7. The molecular formula is C13H17N3O2S2. The highest BCUT2D eigenvalue weighted by molar-refractivity contribution is 8.01. The average molecular weight is 311 g/mol. The van der Waals surface area contributed by atoms with Gasteiger partial charge in [0, 0.05) is 12.3 Å². The van der Waals surface area contributed by atoms with Crippen molar-refractivity contribution in [2.75, 3.05) is 31.3 Å². The summed E-state index contributed by atoms with van der Waals surface area (Å²) in [5.74, 6) is 2.51. The highest BCUT2D eigenvalue weighted by atomic mass is 32.2. The average Bonchev–Trinajstić information content (AvgIpc) is 2.92. The smallest absolute Gasteiger partial charge is 0.206 e. The quantitative estimate of drug-likeness (QED) is 0.597. The molecule has 0 fully saturated rings. The predicted octanol–water partition coefficient (Wildman–Crippen LogP) is 3.15. The number of methoxy groups -OCH3 is 1. The van der Waals surface area contributed by atoms with Crippen molar-refractivity contribution in [3.8, 4) is 11.5 Å². The Hall–Kier alpha value is -1.47. The fourth-order valence-electron chi connectivity index (χ4n) is 1.45. The van der Waals surface area contributed by atoms with E-state index in [2.05, 4.69) is 15.5 Å². The molecule has 1 aromatic carbocycles. The van der Waals surface area contributed by atoms with Crippen molar-refractivity contribution in [3.63, 3.8) is 0 Å². The van der Waals surface area contributed by atoms with Crippen molar-refractivity contribution in [1.29, 1.82) is 0 Å². The number of hydrogen-bond donors (Lipinski definition) is 1. The number of thioether (sulfide) groups is 1. The Morgan fingerprint density at radius 1 is 1.20 bits per heavy atom. The van der Waals surface area contributed by atoms with E-state index in [0.29, 0.717) is 6.61 Å². The first-order valence-corrected chi connectivity index (χ1v) is 8.09. The minimum absolute atomic E-state index is 0.632. The standard InChI is InChI=1S/C13H17N3O2S2/c1-3-14-12-15-16-13(20-12)19-9-8-18-11-6-4-10(17-2)5-7-11/h4-7H,3,8-9H2,1-2H3,(H,14,15). The van der Waals surface area contributed by atoms with Crippen LogP contribution in [0, 0.1) is 0 Å². The van der Waals surface area contributed by atoms with Crippen LogP contribution in [0.15, 0.2) is 28.6 Å². The molecule has 0 atom stereocenters. The van der Waals surface area contributed by atoms with E-state index in [-0.39, 0.29) is 0 Å². The molecule has 0 saturated carbocycles. The molecule has 0 aliphatic carbocycles. The van der Waals surface area contributed by atoms with Crippen LogP contribution < -0.4 is 14.8 Å². The van der Waals surface area contributed by atoms with Crippen LogP contribution >= 0.6 is 23.1 Å². The molecule has 0 spiro atoms. The van der Waals surface area contributed by atoms with Crippen LogP contribution in [0.4, 0.5) is 5.13 Å². The number of rotatable bonds is 8. The number of ether oxygens (including phenoxy) is 2. The van der Waals surface area contributed by atoms with Crippen molar-refractivity contribution >= 4 is 28.2 Å². The maximum atomic E-state index is 5.65.